The van der Waals surface area contributed by atoms with Crippen LogP contribution in [0.5, 0.6) is 0 Å². The van der Waals surface area contributed by atoms with Crippen molar-refractivity contribution in [3.8, 4) is 0 Å². The number of hydrogen-bond acceptors (Lipinski definition) is 7. The molecule has 10 nitrogen and oxygen atoms in total. The van der Waals surface area contributed by atoms with Crippen molar-refractivity contribution >= 4 is 32.5 Å². The van der Waals surface area contributed by atoms with Gasteiger partial charge < -0.3 is 10.1 Å². The number of morpholine rings is 1. The number of anilines is 1. The fourth-order valence-electron chi connectivity index (χ4n) is 3.71. The molecule has 1 aliphatic rings. The summed E-state index contributed by atoms with van der Waals surface area (Å²) in [6.45, 7) is 4.10. The monoisotopic (exact) mass is 485 g/mol. The Balaban J connectivity index is 1.30. The second-order valence-electron chi connectivity index (χ2n) is 7.97. The Morgan fingerprint density at radius 3 is 2.56 bits per heavy atom. The first-order valence-electron chi connectivity index (χ1n) is 11.1. The molecule has 1 fully saturated rings. The van der Waals surface area contributed by atoms with Gasteiger partial charge in [-0.3, -0.25) is 19.1 Å². The lowest BCUT2D eigenvalue weighted by Gasteiger charge is -2.26. The minimum atomic E-state index is -3.64. The predicted molar refractivity (Wildman–Crippen MR) is 128 cm³/mol. The van der Waals surface area contributed by atoms with E-state index < -0.39 is 15.9 Å². The Kier molecular flexibility index (Phi) is 7.68. The minimum absolute atomic E-state index is 0.117. The number of ether oxygens (including phenoxy) is 1. The molecule has 0 aliphatic carbocycles. The third kappa shape index (κ3) is 6.06. The average Bonchev–Trinajstić information content (AvgIpc) is 2.85. The molecule has 1 saturated heterocycles. The molecule has 1 aliphatic heterocycles. The highest BCUT2D eigenvalue weighted by Gasteiger charge is 2.15. The van der Waals surface area contributed by atoms with Gasteiger partial charge in [0.1, 0.15) is 6.54 Å². The van der Waals surface area contributed by atoms with E-state index in [2.05, 4.69) is 19.9 Å². The molecule has 0 atom stereocenters. The molecule has 2 heterocycles. The van der Waals surface area contributed by atoms with E-state index in [4.69, 9.17) is 4.74 Å². The highest BCUT2D eigenvalue weighted by molar-refractivity contribution is 7.89. The second-order valence-corrected chi connectivity index (χ2v) is 9.74. The quantitative estimate of drug-likeness (QED) is 0.434. The summed E-state index contributed by atoms with van der Waals surface area (Å²) in [5.41, 5.74) is 0.690. The van der Waals surface area contributed by atoms with Crippen molar-refractivity contribution in [3.63, 3.8) is 0 Å². The topological polar surface area (TPSA) is 123 Å². The van der Waals surface area contributed by atoms with E-state index >= 15 is 0 Å². The summed E-state index contributed by atoms with van der Waals surface area (Å²) in [5.74, 6) is -0.420. The highest BCUT2D eigenvalue weighted by atomic mass is 32.2. The Bertz CT molecular complexity index is 1300. The predicted octanol–water partition coefficient (Wildman–Crippen LogP) is 1.04. The first kappa shape index (κ1) is 24.0. The van der Waals surface area contributed by atoms with Crippen molar-refractivity contribution in [2.24, 2.45) is 0 Å². The zero-order chi connectivity index (χ0) is 24.0. The van der Waals surface area contributed by atoms with Crippen molar-refractivity contribution in [1.82, 2.24) is 19.2 Å². The number of rotatable bonds is 9. The van der Waals surface area contributed by atoms with Gasteiger partial charge in [0.2, 0.25) is 15.9 Å². The van der Waals surface area contributed by atoms with Crippen LogP contribution in [-0.4, -0.2) is 68.2 Å². The van der Waals surface area contributed by atoms with Crippen LogP contribution in [0.4, 0.5) is 5.69 Å². The molecule has 0 radical (unpaired) electrons. The van der Waals surface area contributed by atoms with Crippen LogP contribution in [0.2, 0.25) is 0 Å². The van der Waals surface area contributed by atoms with Gasteiger partial charge in [-0.15, -0.1) is 0 Å². The van der Waals surface area contributed by atoms with Crippen LogP contribution in [-0.2, 0) is 26.1 Å². The van der Waals surface area contributed by atoms with Crippen LogP contribution in [0.25, 0.3) is 10.9 Å². The molecule has 180 valence electrons. The molecule has 34 heavy (non-hydrogen) atoms. The number of nitrogens with one attached hydrogen (secondary N) is 2. The SMILES string of the molecule is O=C(Cn1cnc2ccccc2c1=O)Nc1ccc(S(=O)(=O)NCCCN2CCOCC2)cc1. The van der Waals surface area contributed by atoms with Crippen LogP contribution in [0.3, 0.4) is 0 Å². The average molecular weight is 486 g/mol. The van der Waals surface area contributed by atoms with E-state index in [1.165, 1.54) is 35.2 Å². The van der Waals surface area contributed by atoms with E-state index in [9.17, 15) is 18.0 Å². The third-order valence-electron chi connectivity index (χ3n) is 5.54. The molecular weight excluding hydrogens is 458 g/mol. The van der Waals surface area contributed by atoms with Crippen molar-refractivity contribution in [1.29, 1.82) is 0 Å². The van der Waals surface area contributed by atoms with Gasteiger partial charge in [-0.05, 0) is 49.4 Å². The van der Waals surface area contributed by atoms with Gasteiger partial charge in [-0.2, -0.15) is 0 Å². The maximum Gasteiger partial charge on any atom is 0.261 e. The Morgan fingerprint density at radius 2 is 1.79 bits per heavy atom. The van der Waals surface area contributed by atoms with Gasteiger partial charge >= 0.3 is 0 Å². The number of carbonyl (C=O) groups is 1. The largest absolute Gasteiger partial charge is 0.379 e. The molecule has 1 aromatic heterocycles. The maximum atomic E-state index is 12.5. The molecule has 1 amide bonds. The first-order chi connectivity index (χ1) is 16.4. The first-order valence-corrected chi connectivity index (χ1v) is 12.5. The summed E-state index contributed by atoms with van der Waals surface area (Å²) in [6.07, 6.45) is 2.04. The smallest absolute Gasteiger partial charge is 0.261 e. The molecular formula is C23H27N5O5S. The van der Waals surface area contributed by atoms with Crippen LogP contribution < -0.4 is 15.6 Å². The van der Waals surface area contributed by atoms with Crippen molar-refractivity contribution in [2.75, 3.05) is 44.7 Å². The minimum Gasteiger partial charge on any atom is -0.379 e. The lowest BCUT2D eigenvalue weighted by molar-refractivity contribution is -0.116. The Labute approximate surface area is 197 Å². The van der Waals surface area contributed by atoms with Gasteiger partial charge in [0.15, 0.2) is 0 Å². The Hall–Kier alpha value is -3.12. The normalized spacial score (nSPS) is 14.8. The van der Waals surface area contributed by atoms with Crippen LogP contribution in [0.15, 0.2) is 64.5 Å². The zero-order valence-corrected chi connectivity index (χ0v) is 19.5. The van der Waals surface area contributed by atoms with Crippen molar-refractivity contribution in [3.05, 3.63) is 65.2 Å². The zero-order valence-electron chi connectivity index (χ0n) is 18.6. The van der Waals surface area contributed by atoms with Crippen LogP contribution in [0.1, 0.15) is 6.42 Å². The van der Waals surface area contributed by atoms with E-state index in [1.54, 1.807) is 24.3 Å². The van der Waals surface area contributed by atoms with Gasteiger partial charge in [-0.25, -0.2) is 18.1 Å². The van der Waals surface area contributed by atoms with E-state index in [1.807, 2.05) is 0 Å². The Morgan fingerprint density at radius 1 is 1.06 bits per heavy atom. The number of nitrogens with zero attached hydrogens (tertiary/aromatic N) is 3. The molecule has 3 aromatic rings. The number of sulfonamides is 1. The van der Waals surface area contributed by atoms with Crippen LogP contribution >= 0.6 is 0 Å². The second kappa shape index (κ2) is 10.9. The number of benzene rings is 2. The summed E-state index contributed by atoms with van der Waals surface area (Å²) in [6, 6.07) is 12.8. The van der Waals surface area contributed by atoms with Gasteiger partial charge in [0.25, 0.3) is 5.56 Å². The molecule has 4 rings (SSSR count). The number of para-hydroxylation sites is 1. The molecule has 0 saturated carbocycles. The van der Waals surface area contributed by atoms with Gasteiger partial charge in [-0.1, -0.05) is 12.1 Å². The van der Waals surface area contributed by atoms with Crippen molar-refractivity contribution in [2.45, 2.75) is 17.9 Å². The van der Waals surface area contributed by atoms with Gasteiger partial charge in [0.05, 0.1) is 35.3 Å². The fraction of sp³-hybridized carbons (Fsp3) is 0.348. The van der Waals surface area contributed by atoms with Crippen molar-refractivity contribution < 1.29 is 17.9 Å². The highest BCUT2D eigenvalue weighted by Crippen LogP contribution is 2.14. The van der Waals surface area contributed by atoms with E-state index in [0.29, 0.717) is 42.8 Å². The maximum absolute atomic E-state index is 12.5. The summed E-state index contributed by atoms with van der Waals surface area (Å²) in [4.78, 5) is 31.5. The molecule has 2 N–H and O–H groups in total. The third-order valence-corrected chi connectivity index (χ3v) is 7.02. The van der Waals surface area contributed by atoms with Gasteiger partial charge in [0, 0.05) is 25.3 Å². The molecule has 0 unspecified atom stereocenters. The number of amides is 1. The molecule has 0 bridgehead atoms. The summed E-state index contributed by atoms with van der Waals surface area (Å²) in [5, 5.41) is 3.11. The van der Waals surface area contributed by atoms with Crippen LogP contribution in [0, 0.1) is 0 Å². The number of aromatic nitrogens is 2. The van der Waals surface area contributed by atoms with E-state index in [-0.39, 0.29) is 17.0 Å². The number of hydrogen-bond donors (Lipinski definition) is 2. The number of carbonyl (C=O) groups excluding carboxylic acids is 1. The fourth-order valence-corrected chi connectivity index (χ4v) is 4.78. The number of fused-ring (bicyclic) bond motifs is 1. The standard InChI is InChI=1S/C23H27N5O5S/c29-22(16-28-17-24-21-5-2-1-4-20(21)23(28)30)26-18-6-8-19(9-7-18)34(31,32)25-10-3-11-27-12-14-33-15-13-27/h1-2,4-9,17,25H,3,10-16H2,(H,26,29). The summed E-state index contributed by atoms with van der Waals surface area (Å²) in [7, 11) is -3.64. The molecule has 2 aromatic carbocycles. The summed E-state index contributed by atoms with van der Waals surface area (Å²) >= 11 is 0. The lowest BCUT2D eigenvalue weighted by atomic mass is 10.2. The van der Waals surface area contributed by atoms with E-state index in [0.717, 1.165) is 19.6 Å². The lowest BCUT2D eigenvalue weighted by Crippen LogP contribution is -2.38. The molecule has 11 heteroatoms. The summed E-state index contributed by atoms with van der Waals surface area (Å²) < 4.78 is 34.2. The molecule has 0 spiro atoms.